The van der Waals surface area contributed by atoms with Gasteiger partial charge in [0, 0.05) is 0 Å². The van der Waals surface area contributed by atoms with Gasteiger partial charge in [0.15, 0.2) is 0 Å². The summed E-state index contributed by atoms with van der Waals surface area (Å²) in [7, 11) is 0. The van der Waals surface area contributed by atoms with Gasteiger partial charge in [0.2, 0.25) is 0 Å². The minimum Gasteiger partial charge on any atom is -0.508 e. The molecule has 0 amide bonds. The van der Waals surface area contributed by atoms with E-state index in [-0.39, 0.29) is 0 Å². The fourth-order valence-electron chi connectivity index (χ4n) is 2.24. The predicted octanol–water partition coefficient (Wildman–Crippen LogP) is 4.54. The van der Waals surface area contributed by atoms with Crippen molar-refractivity contribution >= 4 is 0 Å². The Morgan fingerprint density at radius 3 is 2.44 bits per heavy atom. The number of aromatic hydroxyl groups is 1. The predicted molar refractivity (Wildman–Crippen MR) is 69.7 cm³/mol. The number of hydrogen-bond acceptors (Lipinski definition) is 1. The van der Waals surface area contributed by atoms with Crippen LogP contribution in [0.15, 0.2) is 24.3 Å². The van der Waals surface area contributed by atoms with Crippen molar-refractivity contribution in [3.8, 4) is 5.75 Å². The Balaban J connectivity index is 2.56. The van der Waals surface area contributed by atoms with Crippen LogP contribution in [0.25, 0.3) is 0 Å². The molecule has 1 nitrogen and oxygen atoms in total. The highest BCUT2D eigenvalue weighted by atomic mass is 16.3. The maximum Gasteiger partial charge on any atom is 0.118 e. The summed E-state index contributed by atoms with van der Waals surface area (Å²) in [5, 5.41) is 9.75. The Labute approximate surface area is 99.5 Å². The first-order chi connectivity index (χ1) is 7.77. The minimum atomic E-state index is 0.458. The van der Waals surface area contributed by atoms with Gasteiger partial charge < -0.3 is 5.11 Å². The van der Waals surface area contributed by atoms with Gasteiger partial charge in [0.1, 0.15) is 5.75 Å². The fraction of sp³-hybridized carbons (Fsp3) is 0.600. The molecule has 90 valence electrons. The Morgan fingerprint density at radius 1 is 1.06 bits per heavy atom. The van der Waals surface area contributed by atoms with E-state index in [9.17, 15) is 5.11 Å². The van der Waals surface area contributed by atoms with Crippen molar-refractivity contribution in [1.29, 1.82) is 0 Å². The van der Waals surface area contributed by atoms with Crippen molar-refractivity contribution in [3.63, 3.8) is 0 Å². The molecule has 1 rings (SSSR count). The normalized spacial score (nSPS) is 12.6. The number of para-hydroxylation sites is 1. The largest absolute Gasteiger partial charge is 0.508 e. The van der Waals surface area contributed by atoms with E-state index < -0.39 is 0 Å². The van der Waals surface area contributed by atoms with E-state index in [0.29, 0.717) is 5.75 Å². The molecule has 0 aliphatic carbocycles. The maximum atomic E-state index is 9.75. The lowest BCUT2D eigenvalue weighted by atomic mass is 9.90. The first-order valence-electron chi connectivity index (χ1n) is 6.54. The molecule has 0 heterocycles. The molecular weight excluding hydrogens is 196 g/mol. The number of hydrogen-bond donors (Lipinski definition) is 1. The summed E-state index contributed by atoms with van der Waals surface area (Å²) in [6.45, 7) is 4.48. The average Bonchev–Trinajstić information content (AvgIpc) is 2.29. The summed E-state index contributed by atoms with van der Waals surface area (Å²) in [6.07, 6.45) is 7.40. The Hall–Kier alpha value is -0.980. The Morgan fingerprint density at radius 2 is 1.81 bits per heavy atom. The highest BCUT2D eigenvalue weighted by molar-refractivity contribution is 5.31. The molecule has 0 spiro atoms. The third-order valence-electron chi connectivity index (χ3n) is 3.16. The molecule has 0 aliphatic heterocycles. The monoisotopic (exact) mass is 220 g/mol. The minimum absolute atomic E-state index is 0.458. The molecule has 1 aromatic carbocycles. The Bertz CT molecular complexity index is 293. The zero-order valence-electron chi connectivity index (χ0n) is 10.6. The molecule has 16 heavy (non-hydrogen) atoms. The topological polar surface area (TPSA) is 20.2 Å². The van der Waals surface area contributed by atoms with Crippen LogP contribution in [-0.4, -0.2) is 5.11 Å². The fourth-order valence-corrected chi connectivity index (χ4v) is 2.24. The van der Waals surface area contributed by atoms with Crippen molar-refractivity contribution in [1.82, 2.24) is 0 Å². The second kappa shape index (κ2) is 7.32. The van der Waals surface area contributed by atoms with Gasteiger partial charge >= 0.3 is 0 Å². The van der Waals surface area contributed by atoms with Gasteiger partial charge in [0.05, 0.1) is 0 Å². The standard InChI is InChI=1S/C15H24O/c1-3-5-9-13(8-4-2)12-14-10-6-7-11-15(14)16/h6-7,10-11,13,16H,3-5,8-9,12H2,1-2H3/t13-/m1/s1. The highest BCUT2D eigenvalue weighted by Crippen LogP contribution is 2.25. The SMILES string of the molecule is CCCC[C@@H](CCC)Cc1ccccc1O. The summed E-state index contributed by atoms with van der Waals surface area (Å²) in [4.78, 5) is 0. The van der Waals surface area contributed by atoms with Gasteiger partial charge in [-0.2, -0.15) is 0 Å². The van der Waals surface area contributed by atoms with Crippen molar-refractivity contribution in [2.75, 3.05) is 0 Å². The smallest absolute Gasteiger partial charge is 0.118 e. The number of unbranched alkanes of at least 4 members (excludes halogenated alkanes) is 1. The molecular formula is C15H24O. The number of phenolic OH excluding ortho intramolecular Hbond substituents is 1. The molecule has 0 unspecified atom stereocenters. The first kappa shape index (κ1) is 13.1. The molecule has 0 saturated carbocycles. The van der Waals surface area contributed by atoms with E-state index in [0.717, 1.165) is 17.9 Å². The molecule has 0 fully saturated rings. The summed E-state index contributed by atoms with van der Waals surface area (Å²) in [6, 6.07) is 7.74. The molecule has 1 atom stereocenters. The third-order valence-corrected chi connectivity index (χ3v) is 3.16. The maximum absolute atomic E-state index is 9.75. The molecule has 0 aliphatic rings. The molecule has 0 bridgehead atoms. The van der Waals surface area contributed by atoms with E-state index in [1.807, 2.05) is 18.2 Å². The number of phenols is 1. The molecule has 0 aromatic heterocycles. The van der Waals surface area contributed by atoms with E-state index in [2.05, 4.69) is 13.8 Å². The van der Waals surface area contributed by atoms with Gasteiger partial charge in [-0.15, -0.1) is 0 Å². The molecule has 0 radical (unpaired) electrons. The van der Waals surface area contributed by atoms with Gasteiger partial charge in [-0.1, -0.05) is 64.2 Å². The van der Waals surface area contributed by atoms with Crippen LogP contribution in [0.1, 0.15) is 51.5 Å². The van der Waals surface area contributed by atoms with Crippen LogP contribution in [0, 0.1) is 5.92 Å². The van der Waals surface area contributed by atoms with Gasteiger partial charge in [-0.25, -0.2) is 0 Å². The van der Waals surface area contributed by atoms with Gasteiger partial charge in [0.25, 0.3) is 0 Å². The van der Waals surface area contributed by atoms with Crippen molar-refractivity contribution in [2.45, 2.75) is 52.4 Å². The first-order valence-corrected chi connectivity index (χ1v) is 6.54. The zero-order chi connectivity index (χ0) is 11.8. The molecule has 1 heteroatoms. The molecule has 1 N–H and O–H groups in total. The van der Waals surface area contributed by atoms with Crippen molar-refractivity contribution < 1.29 is 5.11 Å². The number of benzene rings is 1. The summed E-state index contributed by atoms with van der Waals surface area (Å²) >= 11 is 0. The molecule has 1 aromatic rings. The lowest BCUT2D eigenvalue weighted by molar-refractivity contribution is 0.411. The summed E-state index contributed by atoms with van der Waals surface area (Å²) < 4.78 is 0. The van der Waals surface area contributed by atoms with Crippen molar-refractivity contribution in [2.24, 2.45) is 5.92 Å². The van der Waals surface area contributed by atoms with Crippen LogP contribution in [-0.2, 0) is 6.42 Å². The van der Waals surface area contributed by atoms with E-state index in [4.69, 9.17) is 0 Å². The van der Waals surface area contributed by atoms with Crippen LogP contribution < -0.4 is 0 Å². The molecule has 0 saturated heterocycles. The third kappa shape index (κ3) is 4.26. The summed E-state index contributed by atoms with van der Waals surface area (Å²) in [5.41, 5.74) is 1.11. The van der Waals surface area contributed by atoms with Crippen LogP contribution in [0.5, 0.6) is 5.75 Å². The highest BCUT2D eigenvalue weighted by Gasteiger charge is 2.10. The average molecular weight is 220 g/mol. The lowest BCUT2D eigenvalue weighted by Gasteiger charge is -2.16. The van der Waals surface area contributed by atoms with E-state index >= 15 is 0 Å². The second-order valence-electron chi connectivity index (χ2n) is 4.63. The zero-order valence-corrected chi connectivity index (χ0v) is 10.6. The quantitative estimate of drug-likeness (QED) is 0.715. The Kier molecular flexibility index (Phi) is 5.99. The second-order valence-corrected chi connectivity index (χ2v) is 4.63. The van der Waals surface area contributed by atoms with Gasteiger partial charge in [-0.3, -0.25) is 0 Å². The van der Waals surface area contributed by atoms with Crippen molar-refractivity contribution in [3.05, 3.63) is 29.8 Å². The van der Waals surface area contributed by atoms with Crippen LogP contribution in [0.4, 0.5) is 0 Å². The summed E-state index contributed by atoms with van der Waals surface area (Å²) in [5.74, 6) is 1.19. The van der Waals surface area contributed by atoms with Crippen LogP contribution >= 0.6 is 0 Å². The van der Waals surface area contributed by atoms with E-state index in [1.54, 1.807) is 6.07 Å². The van der Waals surface area contributed by atoms with E-state index in [1.165, 1.54) is 32.1 Å². The van der Waals surface area contributed by atoms with Gasteiger partial charge in [-0.05, 0) is 24.0 Å². The van der Waals surface area contributed by atoms with Crippen LogP contribution in [0.2, 0.25) is 0 Å². The number of rotatable bonds is 7. The lowest BCUT2D eigenvalue weighted by Crippen LogP contribution is -2.04. The van der Waals surface area contributed by atoms with Crippen LogP contribution in [0.3, 0.4) is 0 Å².